The molecule has 1 aliphatic heterocycles. The predicted molar refractivity (Wildman–Crippen MR) is 79.5 cm³/mol. The Balaban J connectivity index is 1.54. The second kappa shape index (κ2) is 5.09. The lowest BCUT2D eigenvalue weighted by Crippen LogP contribution is -2.22. The summed E-state index contributed by atoms with van der Waals surface area (Å²) in [5, 5.41) is 13.5. The van der Waals surface area contributed by atoms with Gasteiger partial charge in [0.1, 0.15) is 11.9 Å². The fraction of sp³-hybridized carbons (Fsp3) is 0.500. The highest BCUT2D eigenvalue weighted by Crippen LogP contribution is 2.39. The molecule has 4 rings (SSSR count). The lowest BCUT2D eigenvalue weighted by molar-refractivity contribution is 0.355. The molecule has 0 bridgehead atoms. The van der Waals surface area contributed by atoms with E-state index in [4.69, 9.17) is 4.52 Å². The molecule has 1 saturated heterocycles. The molecule has 1 atom stereocenters. The lowest BCUT2D eigenvalue weighted by Gasteiger charge is -2.18. The number of anilines is 1. The lowest BCUT2D eigenvalue weighted by atomic mass is 10.1. The highest BCUT2D eigenvalue weighted by atomic mass is 16.5. The molecule has 2 aromatic rings. The van der Waals surface area contributed by atoms with Crippen molar-refractivity contribution in [2.24, 2.45) is 0 Å². The van der Waals surface area contributed by atoms with E-state index in [9.17, 15) is 5.26 Å². The number of aromatic nitrogens is 3. The van der Waals surface area contributed by atoms with Crippen LogP contribution in [-0.2, 0) is 0 Å². The predicted octanol–water partition coefficient (Wildman–Crippen LogP) is 2.52. The minimum Gasteiger partial charge on any atom is -0.355 e. The van der Waals surface area contributed by atoms with Gasteiger partial charge in [0.15, 0.2) is 5.82 Å². The molecule has 0 spiro atoms. The largest absolute Gasteiger partial charge is 0.355 e. The average molecular weight is 295 g/mol. The summed E-state index contributed by atoms with van der Waals surface area (Å²) < 4.78 is 5.44. The maximum Gasteiger partial charge on any atom is 0.231 e. The van der Waals surface area contributed by atoms with Gasteiger partial charge in [0.05, 0.1) is 11.5 Å². The normalized spacial score (nSPS) is 21.1. The Kier molecular flexibility index (Phi) is 3.07. The molecule has 3 heterocycles. The number of nitriles is 1. The van der Waals surface area contributed by atoms with Gasteiger partial charge in [-0.1, -0.05) is 5.16 Å². The van der Waals surface area contributed by atoms with E-state index in [1.54, 1.807) is 6.20 Å². The van der Waals surface area contributed by atoms with Crippen molar-refractivity contribution in [1.29, 1.82) is 5.26 Å². The van der Waals surface area contributed by atoms with Crippen LogP contribution in [0, 0.1) is 18.3 Å². The number of pyridine rings is 1. The minimum absolute atomic E-state index is 0.230. The van der Waals surface area contributed by atoms with Gasteiger partial charge in [0.2, 0.25) is 5.89 Å². The van der Waals surface area contributed by atoms with E-state index in [0.29, 0.717) is 11.5 Å². The van der Waals surface area contributed by atoms with E-state index in [-0.39, 0.29) is 5.92 Å². The van der Waals surface area contributed by atoms with Crippen LogP contribution in [-0.4, -0.2) is 28.2 Å². The fourth-order valence-corrected chi connectivity index (χ4v) is 3.00. The van der Waals surface area contributed by atoms with Gasteiger partial charge in [-0.25, -0.2) is 4.98 Å². The zero-order chi connectivity index (χ0) is 15.1. The van der Waals surface area contributed by atoms with Crippen molar-refractivity contribution < 1.29 is 4.52 Å². The quantitative estimate of drug-likeness (QED) is 0.865. The summed E-state index contributed by atoms with van der Waals surface area (Å²) in [5.41, 5.74) is 1.62. The van der Waals surface area contributed by atoms with Crippen LogP contribution in [0.15, 0.2) is 16.8 Å². The Morgan fingerprint density at radius 1 is 1.32 bits per heavy atom. The van der Waals surface area contributed by atoms with Gasteiger partial charge < -0.3 is 9.42 Å². The van der Waals surface area contributed by atoms with E-state index in [0.717, 1.165) is 42.6 Å². The molecular weight excluding hydrogens is 278 g/mol. The molecule has 6 nitrogen and oxygen atoms in total. The summed E-state index contributed by atoms with van der Waals surface area (Å²) in [6, 6.07) is 4.14. The van der Waals surface area contributed by atoms with E-state index in [2.05, 4.69) is 26.1 Å². The maximum absolute atomic E-state index is 9.36. The molecule has 1 saturated carbocycles. The van der Waals surface area contributed by atoms with Crippen LogP contribution in [0.1, 0.15) is 53.9 Å². The molecule has 0 unspecified atom stereocenters. The highest BCUT2D eigenvalue weighted by Gasteiger charge is 2.33. The summed E-state index contributed by atoms with van der Waals surface area (Å²) in [7, 11) is 0. The minimum atomic E-state index is 0.230. The van der Waals surface area contributed by atoms with Crippen LogP contribution in [0.2, 0.25) is 0 Å². The summed E-state index contributed by atoms with van der Waals surface area (Å²) >= 11 is 0. The average Bonchev–Trinajstić information content (AvgIpc) is 3.07. The zero-order valence-electron chi connectivity index (χ0n) is 12.5. The van der Waals surface area contributed by atoms with Crippen LogP contribution in [0.3, 0.4) is 0 Å². The van der Waals surface area contributed by atoms with Gasteiger partial charge in [-0.2, -0.15) is 10.2 Å². The molecular formula is C16H17N5O. The maximum atomic E-state index is 9.36. The van der Waals surface area contributed by atoms with Gasteiger partial charge in [-0.15, -0.1) is 0 Å². The first-order valence-electron chi connectivity index (χ1n) is 7.70. The van der Waals surface area contributed by atoms with Crippen LogP contribution >= 0.6 is 0 Å². The zero-order valence-corrected chi connectivity index (χ0v) is 12.5. The van der Waals surface area contributed by atoms with Gasteiger partial charge in [0.25, 0.3) is 0 Å². The van der Waals surface area contributed by atoms with Crippen molar-refractivity contribution in [1.82, 2.24) is 15.1 Å². The number of aryl methyl sites for hydroxylation is 1. The van der Waals surface area contributed by atoms with Crippen molar-refractivity contribution in [2.45, 2.75) is 38.0 Å². The molecule has 2 aliphatic rings. The van der Waals surface area contributed by atoms with Gasteiger partial charge in [-0.05, 0) is 37.8 Å². The highest BCUT2D eigenvalue weighted by molar-refractivity contribution is 5.57. The third-order valence-corrected chi connectivity index (χ3v) is 4.49. The summed E-state index contributed by atoms with van der Waals surface area (Å²) in [6.45, 7) is 3.57. The van der Waals surface area contributed by atoms with E-state index in [1.807, 2.05) is 13.0 Å². The first-order valence-corrected chi connectivity index (χ1v) is 7.70. The molecule has 0 radical (unpaired) electrons. The Morgan fingerprint density at radius 3 is 2.95 bits per heavy atom. The number of hydrogen-bond acceptors (Lipinski definition) is 6. The third kappa shape index (κ3) is 2.23. The van der Waals surface area contributed by atoms with Crippen LogP contribution in [0.5, 0.6) is 0 Å². The molecule has 0 aromatic carbocycles. The first-order chi connectivity index (χ1) is 10.8. The Hall–Kier alpha value is -2.42. The van der Waals surface area contributed by atoms with E-state index in [1.165, 1.54) is 12.8 Å². The van der Waals surface area contributed by atoms with Crippen molar-refractivity contribution in [3.8, 4) is 6.07 Å². The summed E-state index contributed by atoms with van der Waals surface area (Å²) in [5.74, 6) is 3.11. The third-order valence-electron chi connectivity index (χ3n) is 4.49. The molecule has 1 aliphatic carbocycles. The molecule has 6 heteroatoms. The summed E-state index contributed by atoms with van der Waals surface area (Å²) in [4.78, 5) is 11.1. The van der Waals surface area contributed by atoms with Gasteiger partial charge in [-0.3, -0.25) is 0 Å². The van der Waals surface area contributed by atoms with Crippen LogP contribution in [0.25, 0.3) is 0 Å². The molecule has 112 valence electrons. The van der Waals surface area contributed by atoms with Gasteiger partial charge in [0, 0.05) is 25.2 Å². The molecule has 2 aromatic heterocycles. The van der Waals surface area contributed by atoms with Crippen molar-refractivity contribution in [3.63, 3.8) is 0 Å². The number of hydrogen-bond donors (Lipinski definition) is 0. The van der Waals surface area contributed by atoms with E-state index < -0.39 is 0 Å². The second-order valence-electron chi connectivity index (χ2n) is 6.13. The van der Waals surface area contributed by atoms with E-state index >= 15 is 0 Å². The molecule has 2 fully saturated rings. The molecule has 22 heavy (non-hydrogen) atoms. The number of rotatable bonds is 3. The fourth-order valence-electron chi connectivity index (χ4n) is 3.00. The monoisotopic (exact) mass is 295 g/mol. The molecule has 0 amide bonds. The van der Waals surface area contributed by atoms with Crippen molar-refractivity contribution in [2.75, 3.05) is 18.0 Å². The first kappa shape index (κ1) is 13.3. The Labute approximate surface area is 128 Å². The summed E-state index contributed by atoms with van der Waals surface area (Å²) in [6.07, 6.45) is 5.06. The van der Waals surface area contributed by atoms with Gasteiger partial charge >= 0.3 is 0 Å². The standard InChI is InChI=1S/C16H17N5O/c1-10-4-6-18-15(13(10)8-17)21-7-5-12(9-21)16-19-14(20-22-16)11-2-3-11/h4,6,11-12H,2-3,5,7,9H2,1H3/t12-/m0/s1. The van der Waals surface area contributed by atoms with Crippen LogP contribution < -0.4 is 4.90 Å². The van der Waals surface area contributed by atoms with Crippen molar-refractivity contribution in [3.05, 3.63) is 35.1 Å². The van der Waals surface area contributed by atoms with Crippen molar-refractivity contribution >= 4 is 5.82 Å². The molecule has 0 N–H and O–H groups in total. The number of nitrogens with zero attached hydrogens (tertiary/aromatic N) is 5. The second-order valence-corrected chi connectivity index (χ2v) is 6.13. The SMILES string of the molecule is Cc1ccnc(N2CC[C@H](c3nc(C4CC4)no3)C2)c1C#N. The topological polar surface area (TPSA) is 78.8 Å². The Morgan fingerprint density at radius 2 is 2.18 bits per heavy atom. The Bertz CT molecular complexity index is 743. The smallest absolute Gasteiger partial charge is 0.231 e. The van der Waals surface area contributed by atoms with Crippen LogP contribution in [0.4, 0.5) is 5.82 Å².